The molecule has 0 aromatic heterocycles. The van der Waals surface area contributed by atoms with Crippen molar-refractivity contribution in [2.75, 3.05) is 12.5 Å². The molecular formula is C30H36ClN3O11. The number of amides is 1. The van der Waals surface area contributed by atoms with Gasteiger partial charge in [0.1, 0.15) is 55.8 Å². The number of carbonyl (C=O) groups excluding carboxylic acids is 1. The van der Waals surface area contributed by atoms with Gasteiger partial charge in [0.05, 0.1) is 17.4 Å². The number of anilines is 1. The highest BCUT2D eigenvalue weighted by atomic mass is 35.5. The van der Waals surface area contributed by atoms with Crippen LogP contribution in [0.3, 0.4) is 0 Å². The molecule has 5 rings (SSSR count). The number of hydrogen-bond donors (Lipinski definition) is 8. The molecule has 0 spiro atoms. The van der Waals surface area contributed by atoms with E-state index in [4.69, 9.17) is 41.1 Å². The molecule has 15 heteroatoms. The Hall–Kier alpha value is -3.44. The van der Waals surface area contributed by atoms with Gasteiger partial charge in [-0.1, -0.05) is 35.9 Å². The maximum Gasteiger partial charge on any atom is 0.269 e. The summed E-state index contributed by atoms with van der Waals surface area (Å²) >= 11 is 6.13. The first-order valence-corrected chi connectivity index (χ1v) is 14.5. The Balaban J connectivity index is 1.19. The molecule has 9 atom stereocenters. The van der Waals surface area contributed by atoms with Gasteiger partial charge in [-0.25, -0.2) is 0 Å². The molecule has 2 aliphatic heterocycles. The summed E-state index contributed by atoms with van der Waals surface area (Å²) in [5.41, 5.74) is 10.8. The molecule has 2 saturated heterocycles. The van der Waals surface area contributed by atoms with E-state index in [1.165, 1.54) is 25.1 Å². The number of hydrogen-bond acceptors (Lipinski definition) is 13. The van der Waals surface area contributed by atoms with Gasteiger partial charge in [-0.15, -0.1) is 0 Å². The number of nitrogens with two attached hydrogens (primary N) is 1. The van der Waals surface area contributed by atoms with E-state index in [9.17, 15) is 30.3 Å². The molecule has 0 unspecified atom stereocenters. The summed E-state index contributed by atoms with van der Waals surface area (Å²) in [7, 11) is 0. The zero-order valence-corrected chi connectivity index (χ0v) is 25.1. The average molecular weight is 650 g/mol. The molecule has 2 heterocycles. The van der Waals surface area contributed by atoms with Gasteiger partial charge in [-0.05, 0) is 49.2 Å². The third-order valence-electron chi connectivity index (χ3n) is 7.81. The molecule has 3 fully saturated rings. The van der Waals surface area contributed by atoms with Crippen molar-refractivity contribution in [3.63, 3.8) is 0 Å². The summed E-state index contributed by atoms with van der Waals surface area (Å²) in [6, 6.07) is 10.6. The van der Waals surface area contributed by atoms with E-state index in [-0.39, 0.29) is 36.2 Å². The number of ether oxygens (including phenoxy) is 4. The van der Waals surface area contributed by atoms with Crippen molar-refractivity contribution >= 4 is 29.3 Å². The van der Waals surface area contributed by atoms with E-state index in [0.29, 0.717) is 16.3 Å². The van der Waals surface area contributed by atoms with E-state index >= 15 is 0 Å². The zero-order valence-electron chi connectivity index (χ0n) is 24.4. The van der Waals surface area contributed by atoms with Crippen LogP contribution in [0, 0.1) is 0 Å². The van der Waals surface area contributed by atoms with Gasteiger partial charge in [-0.2, -0.15) is 0 Å². The Morgan fingerprint density at radius 1 is 1.02 bits per heavy atom. The van der Waals surface area contributed by atoms with Crippen LogP contribution in [0.25, 0.3) is 6.08 Å². The maximum absolute atomic E-state index is 12.9. The lowest BCUT2D eigenvalue weighted by molar-refractivity contribution is -0.155. The summed E-state index contributed by atoms with van der Waals surface area (Å²) < 4.78 is 22.0. The summed E-state index contributed by atoms with van der Waals surface area (Å²) in [5, 5.41) is 55.6. The van der Waals surface area contributed by atoms with Gasteiger partial charge in [-0.3, -0.25) is 15.1 Å². The molecule has 9 N–H and O–H groups in total. The number of hydroxylamine groups is 1. The molecule has 0 bridgehead atoms. The van der Waals surface area contributed by atoms with Gasteiger partial charge < -0.3 is 55.5 Å². The molecule has 1 aliphatic carbocycles. The lowest BCUT2D eigenvalue weighted by Gasteiger charge is -2.41. The van der Waals surface area contributed by atoms with Crippen LogP contribution in [0.4, 0.5) is 5.69 Å². The standard InChI is InChI=1S/C30H36ClN3O11/c1-13(29(40)33-20-21(35)23(37)28-27(22(20)36)41-12-42-28)9-15-7-8-19(18(32)10-15)44-30-25(39)24(38)26(45-30)14(2)34-43-11-16-5-3-4-6-17(16)31/h3-10,20-25,27-28,30,34-39H,11-12,32H2,1-2H3,(H,33,40)/t20-,21+,22-,23-,24+,25-,27+,28-,30-/m1/s1. The minimum atomic E-state index is -1.48. The Bertz CT molecular complexity index is 1460. The monoisotopic (exact) mass is 649 g/mol. The third-order valence-corrected chi connectivity index (χ3v) is 8.18. The minimum Gasteiger partial charge on any atom is -0.452 e. The predicted octanol–water partition coefficient (Wildman–Crippen LogP) is 0.0579. The molecule has 3 aliphatic rings. The first kappa shape index (κ1) is 32.9. The molecular weight excluding hydrogens is 614 g/mol. The van der Waals surface area contributed by atoms with Gasteiger partial charge >= 0.3 is 0 Å². The molecule has 244 valence electrons. The van der Waals surface area contributed by atoms with Crippen molar-refractivity contribution in [3.05, 3.63) is 75.6 Å². The Labute approximate surface area is 263 Å². The SMILES string of the molecule is CC(=Cc1ccc(O[C@@H]2OC(=C(C)NOCc3ccccc3Cl)[C@@H](O)[C@H]2O)c(N)c1)C(=O)N[C@@H]1[C@H](O)[C@@H](O)[C@H]2OCO[C@H]2[C@@H]1O. The highest BCUT2D eigenvalue weighted by Gasteiger charge is 2.53. The highest BCUT2D eigenvalue weighted by Crippen LogP contribution is 2.33. The molecule has 2 aromatic carbocycles. The summed E-state index contributed by atoms with van der Waals surface area (Å²) in [5.74, 6) is -0.421. The van der Waals surface area contributed by atoms with Crippen molar-refractivity contribution in [1.82, 2.24) is 10.8 Å². The molecule has 0 radical (unpaired) electrons. The summed E-state index contributed by atoms with van der Waals surface area (Å²) in [4.78, 5) is 18.4. The maximum atomic E-state index is 12.9. The van der Waals surface area contributed by atoms with E-state index in [0.717, 1.165) is 5.56 Å². The quantitative estimate of drug-likeness (QED) is 0.103. The predicted molar refractivity (Wildman–Crippen MR) is 159 cm³/mol. The molecule has 1 amide bonds. The van der Waals surface area contributed by atoms with Crippen LogP contribution >= 0.6 is 11.6 Å². The Kier molecular flexibility index (Phi) is 10.2. The van der Waals surface area contributed by atoms with Crippen molar-refractivity contribution < 1.29 is 54.1 Å². The van der Waals surface area contributed by atoms with E-state index in [1.54, 1.807) is 31.2 Å². The number of nitrogens with one attached hydrogen (secondary N) is 2. The highest BCUT2D eigenvalue weighted by molar-refractivity contribution is 6.31. The van der Waals surface area contributed by atoms with Crippen LogP contribution < -0.4 is 21.3 Å². The normalized spacial score (nSPS) is 32.4. The van der Waals surface area contributed by atoms with Crippen molar-refractivity contribution in [1.29, 1.82) is 0 Å². The fourth-order valence-corrected chi connectivity index (χ4v) is 5.48. The van der Waals surface area contributed by atoms with Crippen molar-refractivity contribution in [3.8, 4) is 5.75 Å². The smallest absolute Gasteiger partial charge is 0.269 e. The fourth-order valence-electron chi connectivity index (χ4n) is 5.29. The fraction of sp³-hybridized carbons (Fsp3) is 0.433. The van der Waals surface area contributed by atoms with E-state index < -0.39 is 61.0 Å². The number of allylic oxidation sites excluding steroid dienone is 1. The number of fused-ring (bicyclic) bond motifs is 1. The number of halogens is 1. The first-order valence-electron chi connectivity index (χ1n) is 14.1. The zero-order chi connectivity index (χ0) is 32.4. The number of rotatable bonds is 9. The number of nitrogen functional groups attached to an aromatic ring is 1. The molecule has 45 heavy (non-hydrogen) atoms. The van der Waals surface area contributed by atoms with Gasteiger partial charge in [0, 0.05) is 10.6 Å². The van der Waals surface area contributed by atoms with Gasteiger partial charge in [0.15, 0.2) is 11.9 Å². The Morgan fingerprint density at radius 2 is 1.73 bits per heavy atom. The number of aliphatic hydroxyl groups excluding tert-OH is 5. The largest absolute Gasteiger partial charge is 0.452 e. The number of benzene rings is 2. The molecule has 2 aromatic rings. The van der Waals surface area contributed by atoms with Crippen LogP contribution in [0.15, 0.2) is 59.5 Å². The van der Waals surface area contributed by atoms with Crippen LogP contribution in [-0.2, 0) is 30.4 Å². The van der Waals surface area contributed by atoms with Crippen LogP contribution in [0.1, 0.15) is 25.0 Å². The van der Waals surface area contributed by atoms with Crippen LogP contribution in [0.2, 0.25) is 5.02 Å². The second-order valence-electron chi connectivity index (χ2n) is 11.0. The minimum absolute atomic E-state index is 0.0229. The molecule has 1 saturated carbocycles. The van der Waals surface area contributed by atoms with Crippen LogP contribution in [-0.4, -0.2) is 93.3 Å². The van der Waals surface area contributed by atoms with Crippen molar-refractivity contribution in [2.24, 2.45) is 0 Å². The van der Waals surface area contributed by atoms with E-state index in [2.05, 4.69) is 10.8 Å². The van der Waals surface area contributed by atoms with Crippen LogP contribution in [0.5, 0.6) is 5.75 Å². The first-order chi connectivity index (χ1) is 21.5. The summed E-state index contributed by atoms with van der Waals surface area (Å²) in [6.07, 6.45) is -8.54. The van der Waals surface area contributed by atoms with Gasteiger partial charge in [0.2, 0.25) is 5.91 Å². The average Bonchev–Trinajstić information content (AvgIpc) is 3.62. The molecule has 14 nitrogen and oxygen atoms in total. The number of aliphatic hydroxyl groups is 5. The summed E-state index contributed by atoms with van der Waals surface area (Å²) in [6.45, 7) is 3.12. The Morgan fingerprint density at radius 3 is 2.44 bits per heavy atom. The second kappa shape index (κ2) is 13.9. The van der Waals surface area contributed by atoms with E-state index in [1.807, 2.05) is 6.07 Å². The lowest BCUT2D eigenvalue weighted by atomic mass is 9.83. The van der Waals surface area contributed by atoms with Crippen molar-refractivity contribution in [2.45, 2.75) is 75.5 Å². The van der Waals surface area contributed by atoms with Gasteiger partial charge in [0.25, 0.3) is 6.29 Å². The topological polar surface area (TPSA) is 214 Å². The number of carbonyl (C=O) groups is 1. The lowest BCUT2D eigenvalue weighted by Crippen LogP contribution is -2.67. The third kappa shape index (κ3) is 7.04. The second-order valence-corrected chi connectivity index (χ2v) is 11.4.